The quantitative estimate of drug-likeness (QED) is 0.359. The maximum atomic E-state index is 13.7. The van der Waals surface area contributed by atoms with Gasteiger partial charge in [-0.05, 0) is 19.8 Å². The number of ether oxygens (including phenoxy) is 3. The van der Waals surface area contributed by atoms with Gasteiger partial charge in [0.05, 0.1) is 19.2 Å². The number of halogens is 3. The Morgan fingerprint density at radius 3 is 2.18 bits per heavy atom. The number of sulfonamides is 1. The van der Waals surface area contributed by atoms with Crippen molar-refractivity contribution in [2.24, 2.45) is 5.92 Å². The van der Waals surface area contributed by atoms with Crippen molar-refractivity contribution in [3.8, 4) is 17.4 Å². The fourth-order valence-electron chi connectivity index (χ4n) is 4.17. The lowest BCUT2D eigenvalue weighted by Gasteiger charge is -2.35. The van der Waals surface area contributed by atoms with Crippen molar-refractivity contribution in [2.75, 3.05) is 26.1 Å². The number of hydrogen-bond donors (Lipinski definition) is 1. The molecule has 0 saturated heterocycles. The van der Waals surface area contributed by atoms with Gasteiger partial charge in [-0.1, -0.05) is 11.6 Å². The van der Waals surface area contributed by atoms with Gasteiger partial charge in [-0.15, -0.1) is 10.2 Å². The maximum absolute atomic E-state index is 13.7. The zero-order valence-electron chi connectivity index (χ0n) is 20.7. The van der Waals surface area contributed by atoms with E-state index in [0.29, 0.717) is 6.42 Å². The Morgan fingerprint density at radius 2 is 1.68 bits per heavy atom. The second-order valence-corrected chi connectivity index (χ2v) is 10.9. The summed E-state index contributed by atoms with van der Waals surface area (Å²) in [6, 6.07) is 0. The number of methoxy groups -OCH3 is 3. The SMILES string of the molecule is COc1ncnc(OC)c1-n1c(NS(=O)(=O)C(C)C(OC)c2ncc(Cl)cn2)nnc1[C@H]1CC[C@H]1C(F)F. The van der Waals surface area contributed by atoms with Crippen LogP contribution in [0.5, 0.6) is 11.8 Å². The van der Waals surface area contributed by atoms with E-state index in [4.69, 9.17) is 25.8 Å². The van der Waals surface area contributed by atoms with E-state index in [1.54, 1.807) is 0 Å². The van der Waals surface area contributed by atoms with Gasteiger partial charge in [-0.3, -0.25) is 9.29 Å². The summed E-state index contributed by atoms with van der Waals surface area (Å²) < 4.78 is 74.0. The number of rotatable bonds is 11. The Balaban J connectivity index is 1.79. The first-order valence-electron chi connectivity index (χ1n) is 11.3. The number of hydrogen-bond acceptors (Lipinski definition) is 11. The van der Waals surface area contributed by atoms with Gasteiger partial charge in [0.1, 0.15) is 23.5 Å². The second kappa shape index (κ2) is 11.2. The number of anilines is 1. The van der Waals surface area contributed by atoms with Crippen LogP contribution in [0.4, 0.5) is 14.7 Å². The minimum atomic E-state index is -4.27. The average Bonchev–Trinajstić information content (AvgIpc) is 3.25. The topological polar surface area (TPSA) is 156 Å². The highest BCUT2D eigenvalue weighted by Gasteiger charge is 2.43. The number of nitrogens with one attached hydrogen (secondary N) is 1. The van der Waals surface area contributed by atoms with Gasteiger partial charge in [-0.25, -0.2) is 27.2 Å². The molecular weight excluding hydrogens is 550 g/mol. The molecule has 4 atom stereocenters. The summed E-state index contributed by atoms with van der Waals surface area (Å²) in [5.74, 6) is -1.84. The lowest BCUT2D eigenvalue weighted by molar-refractivity contribution is 0.0139. The van der Waals surface area contributed by atoms with Gasteiger partial charge < -0.3 is 14.2 Å². The van der Waals surface area contributed by atoms with Crippen LogP contribution in [0.1, 0.15) is 43.4 Å². The van der Waals surface area contributed by atoms with Crippen LogP contribution in [0.3, 0.4) is 0 Å². The van der Waals surface area contributed by atoms with Crippen molar-refractivity contribution in [2.45, 2.75) is 43.5 Å². The van der Waals surface area contributed by atoms with Gasteiger partial charge in [0.15, 0.2) is 11.5 Å². The molecule has 0 aromatic carbocycles. The maximum Gasteiger partial charge on any atom is 0.245 e. The fourth-order valence-corrected chi connectivity index (χ4v) is 5.40. The summed E-state index contributed by atoms with van der Waals surface area (Å²) >= 11 is 5.84. The van der Waals surface area contributed by atoms with Crippen LogP contribution in [0, 0.1) is 5.92 Å². The van der Waals surface area contributed by atoms with Gasteiger partial charge in [0.25, 0.3) is 0 Å². The van der Waals surface area contributed by atoms with Crippen LogP contribution in [-0.2, 0) is 14.8 Å². The lowest BCUT2D eigenvalue weighted by atomic mass is 9.73. The summed E-state index contributed by atoms with van der Waals surface area (Å²) in [6.45, 7) is 1.39. The molecule has 1 N–H and O–H groups in total. The molecule has 17 heteroatoms. The first-order chi connectivity index (χ1) is 18.1. The second-order valence-electron chi connectivity index (χ2n) is 8.41. The van der Waals surface area contributed by atoms with E-state index in [0.717, 1.165) is 0 Å². The standard InChI is InChI=1S/C21H25ClF2N8O5S/c1-10(15(35-2)17-25-7-11(22)8-26-17)38(33,34)31-21-30-29-18(13-6-5-12(13)16(23)24)32(21)14-19(36-3)27-9-28-20(14)37-4/h7-10,12-13,15-16H,5-6H2,1-4H3,(H,30,31)/t10?,12-,13+,15?/m1/s1. The molecule has 2 unspecified atom stereocenters. The van der Waals surface area contributed by atoms with E-state index in [2.05, 4.69) is 34.9 Å². The highest BCUT2D eigenvalue weighted by Crippen LogP contribution is 2.47. The summed E-state index contributed by atoms with van der Waals surface area (Å²) in [4.78, 5) is 16.2. The summed E-state index contributed by atoms with van der Waals surface area (Å²) in [6.07, 6.45) is 0.807. The Labute approximate surface area is 222 Å². The Kier molecular flexibility index (Phi) is 8.22. The molecule has 3 heterocycles. The molecule has 0 amide bonds. The molecule has 4 rings (SSSR count). The molecule has 0 radical (unpaired) electrons. The third kappa shape index (κ3) is 5.19. The number of nitrogens with zero attached hydrogens (tertiary/aromatic N) is 7. The van der Waals surface area contributed by atoms with E-state index in [-0.39, 0.29) is 46.5 Å². The summed E-state index contributed by atoms with van der Waals surface area (Å²) in [7, 11) is -0.282. The van der Waals surface area contributed by atoms with E-state index in [9.17, 15) is 17.2 Å². The van der Waals surface area contributed by atoms with Crippen molar-refractivity contribution in [1.82, 2.24) is 34.7 Å². The van der Waals surface area contributed by atoms with Gasteiger partial charge in [0.2, 0.25) is 34.2 Å². The van der Waals surface area contributed by atoms with Crippen molar-refractivity contribution in [3.05, 3.63) is 35.4 Å². The fraction of sp³-hybridized carbons (Fsp3) is 0.524. The van der Waals surface area contributed by atoms with Crippen molar-refractivity contribution in [3.63, 3.8) is 0 Å². The number of alkyl halides is 2. The zero-order valence-corrected chi connectivity index (χ0v) is 22.3. The van der Waals surface area contributed by atoms with Crippen LogP contribution in [-0.4, -0.2) is 76.1 Å². The monoisotopic (exact) mass is 574 g/mol. The van der Waals surface area contributed by atoms with Crippen LogP contribution in [0.25, 0.3) is 5.69 Å². The zero-order chi connectivity index (χ0) is 27.6. The van der Waals surface area contributed by atoms with Gasteiger partial charge in [0, 0.05) is 31.3 Å². The van der Waals surface area contributed by atoms with E-state index >= 15 is 0 Å². The first kappa shape index (κ1) is 27.8. The van der Waals surface area contributed by atoms with Crippen molar-refractivity contribution in [1.29, 1.82) is 0 Å². The molecule has 0 bridgehead atoms. The van der Waals surface area contributed by atoms with Crippen molar-refractivity contribution < 1.29 is 31.4 Å². The van der Waals surface area contributed by atoms with Crippen molar-refractivity contribution >= 4 is 27.6 Å². The highest BCUT2D eigenvalue weighted by molar-refractivity contribution is 7.93. The molecule has 3 aromatic heterocycles. The molecule has 38 heavy (non-hydrogen) atoms. The normalized spacial score (nSPS) is 19.1. The molecule has 1 aliphatic rings. The Bertz CT molecular complexity index is 1360. The van der Waals surface area contributed by atoms with Gasteiger partial charge in [-0.2, -0.15) is 9.97 Å². The largest absolute Gasteiger partial charge is 0.479 e. The molecule has 206 valence electrons. The summed E-state index contributed by atoms with van der Waals surface area (Å²) in [5, 5.41) is 7.12. The predicted molar refractivity (Wildman–Crippen MR) is 130 cm³/mol. The molecule has 1 aliphatic carbocycles. The molecule has 13 nitrogen and oxygen atoms in total. The molecule has 0 spiro atoms. The molecule has 0 aliphatic heterocycles. The Hall–Kier alpha value is -3.24. The van der Waals surface area contributed by atoms with Crippen LogP contribution in [0.15, 0.2) is 18.7 Å². The minimum absolute atomic E-state index is 0.0105. The van der Waals surface area contributed by atoms with E-state index in [1.807, 2.05) is 0 Å². The lowest BCUT2D eigenvalue weighted by Crippen LogP contribution is -2.34. The van der Waals surface area contributed by atoms with E-state index < -0.39 is 39.6 Å². The molecule has 1 fully saturated rings. The van der Waals surface area contributed by atoms with Crippen LogP contribution in [0.2, 0.25) is 5.02 Å². The molecule has 1 saturated carbocycles. The Morgan fingerprint density at radius 1 is 1.05 bits per heavy atom. The smallest absolute Gasteiger partial charge is 0.245 e. The predicted octanol–water partition coefficient (Wildman–Crippen LogP) is 2.79. The first-order valence-corrected chi connectivity index (χ1v) is 13.2. The summed E-state index contributed by atoms with van der Waals surface area (Å²) in [5.41, 5.74) is 0.0482. The number of aromatic nitrogens is 7. The molecule has 3 aromatic rings. The minimum Gasteiger partial charge on any atom is -0.479 e. The highest BCUT2D eigenvalue weighted by atomic mass is 35.5. The van der Waals surface area contributed by atoms with E-state index in [1.165, 1.54) is 51.5 Å². The van der Waals surface area contributed by atoms with Crippen LogP contribution >= 0.6 is 11.6 Å². The average molecular weight is 575 g/mol. The van der Waals surface area contributed by atoms with Gasteiger partial charge >= 0.3 is 0 Å². The molecular formula is C21H25ClF2N8O5S. The third-order valence-electron chi connectivity index (χ3n) is 6.33. The third-order valence-corrected chi connectivity index (χ3v) is 8.22. The van der Waals surface area contributed by atoms with Crippen LogP contribution < -0.4 is 14.2 Å².